The number of primary amides is 1. The van der Waals surface area contributed by atoms with Crippen molar-refractivity contribution >= 4 is 50.9 Å². The lowest BCUT2D eigenvalue weighted by atomic mass is 9.95. The molecule has 0 aromatic carbocycles. The van der Waals surface area contributed by atoms with Crippen molar-refractivity contribution < 1.29 is 19.1 Å². The SMILES string of the molecule is COC(=O)c1c(NC(=O)[C@H]2SC(=NC3CCCCC3)C(C(N)=O)=C2N)sc2c1CCCC2. The fourth-order valence-corrected chi connectivity index (χ4v) is 7.01. The van der Waals surface area contributed by atoms with Gasteiger partial charge in [-0.15, -0.1) is 11.3 Å². The second kappa shape index (κ2) is 9.66. The van der Waals surface area contributed by atoms with Gasteiger partial charge in [-0.1, -0.05) is 31.0 Å². The van der Waals surface area contributed by atoms with Gasteiger partial charge in [0, 0.05) is 10.6 Å². The number of thiophene rings is 1. The summed E-state index contributed by atoms with van der Waals surface area (Å²) in [5.74, 6) is -1.54. The number of nitrogens with two attached hydrogens (primary N) is 2. The summed E-state index contributed by atoms with van der Waals surface area (Å²) < 4.78 is 4.98. The summed E-state index contributed by atoms with van der Waals surface area (Å²) >= 11 is 2.57. The van der Waals surface area contributed by atoms with Crippen LogP contribution < -0.4 is 16.8 Å². The van der Waals surface area contributed by atoms with Gasteiger partial charge >= 0.3 is 5.97 Å². The number of anilines is 1. The molecule has 3 aliphatic rings. The van der Waals surface area contributed by atoms with Gasteiger partial charge in [0.15, 0.2) is 0 Å². The fraction of sp³-hybridized carbons (Fsp3) is 0.545. The summed E-state index contributed by atoms with van der Waals surface area (Å²) in [6.07, 6.45) is 9.01. The van der Waals surface area contributed by atoms with Crippen molar-refractivity contribution in [1.82, 2.24) is 0 Å². The van der Waals surface area contributed by atoms with Crippen LogP contribution >= 0.6 is 23.1 Å². The van der Waals surface area contributed by atoms with E-state index in [1.165, 1.54) is 24.9 Å². The minimum atomic E-state index is -0.829. The minimum Gasteiger partial charge on any atom is -0.465 e. The first-order valence-electron chi connectivity index (χ1n) is 11.0. The van der Waals surface area contributed by atoms with Crippen LogP contribution in [0, 0.1) is 0 Å². The van der Waals surface area contributed by atoms with Gasteiger partial charge < -0.3 is 21.5 Å². The van der Waals surface area contributed by atoms with E-state index in [2.05, 4.69) is 5.32 Å². The fourth-order valence-electron chi connectivity index (χ4n) is 4.55. The van der Waals surface area contributed by atoms with Crippen LogP contribution in [0.2, 0.25) is 0 Å². The van der Waals surface area contributed by atoms with E-state index in [4.69, 9.17) is 21.2 Å². The molecule has 1 aromatic rings. The van der Waals surface area contributed by atoms with Crippen LogP contribution in [-0.4, -0.2) is 41.2 Å². The molecular weight excluding hydrogens is 448 g/mol. The van der Waals surface area contributed by atoms with Crippen LogP contribution in [0.3, 0.4) is 0 Å². The predicted octanol–water partition coefficient (Wildman–Crippen LogP) is 2.90. The zero-order valence-corrected chi connectivity index (χ0v) is 19.7. The quantitative estimate of drug-likeness (QED) is 0.559. The summed E-state index contributed by atoms with van der Waals surface area (Å²) in [7, 11) is 1.33. The van der Waals surface area contributed by atoms with Crippen molar-refractivity contribution in [2.45, 2.75) is 69.1 Å². The molecule has 0 bridgehead atoms. The third-order valence-electron chi connectivity index (χ3n) is 6.17. The molecule has 0 radical (unpaired) electrons. The number of nitrogens with one attached hydrogen (secondary N) is 1. The molecule has 2 amide bonds. The summed E-state index contributed by atoms with van der Waals surface area (Å²) in [6.45, 7) is 0. The Morgan fingerprint density at radius 3 is 2.50 bits per heavy atom. The number of rotatable bonds is 5. The summed E-state index contributed by atoms with van der Waals surface area (Å²) in [6, 6.07) is 0.116. The maximum Gasteiger partial charge on any atom is 0.341 e. The number of carbonyl (C=O) groups is 3. The molecule has 10 heteroatoms. The van der Waals surface area contributed by atoms with E-state index < -0.39 is 23.0 Å². The number of aliphatic imine (C=N–C) groups is 1. The molecule has 1 atom stereocenters. The first kappa shape index (κ1) is 22.8. The predicted molar refractivity (Wildman–Crippen MR) is 127 cm³/mol. The molecule has 0 saturated heterocycles. The van der Waals surface area contributed by atoms with Crippen molar-refractivity contribution in [2.24, 2.45) is 16.5 Å². The minimum absolute atomic E-state index is 0.116. The molecule has 1 aliphatic heterocycles. The molecule has 32 heavy (non-hydrogen) atoms. The third-order valence-corrected chi connectivity index (χ3v) is 8.61. The number of hydrogen-bond acceptors (Lipinski definition) is 8. The smallest absolute Gasteiger partial charge is 0.341 e. The maximum absolute atomic E-state index is 13.2. The normalized spacial score (nSPS) is 22.7. The molecule has 2 heterocycles. The van der Waals surface area contributed by atoms with E-state index >= 15 is 0 Å². The van der Waals surface area contributed by atoms with E-state index in [-0.39, 0.29) is 17.3 Å². The molecule has 2 aliphatic carbocycles. The maximum atomic E-state index is 13.2. The number of ether oxygens (including phenoxy) is 1. The number of aryl methyl sites for hydroxylation is 1. The van der Waals surface area contributed by atoms with Crippen molar-refractivity contribution in [3.8, 4) is 0 Å². The van der Waals surface area contributed by atoms with Gasteiger partial charge in [0.25, 0.3) is 5.91 Å². The Kier molecular flexibility index (Phi) is 6.90. The van der Waals surface area contributed by atoms with Gasteiger partial charge in [0.2, 0.25) is 5.91 Å². The average molecular weight is 477 g/mol. The molecule has 8 nitrogen and oxygen atoms in total. The highest BCUT2D eigenvalue weighted by Crippen LogP contribution is 2.40. The van der Waals surface area contributed by atoms with E-state index in [9.17, 15) is 14.4 Å². The lowest BCUT2D eigenvalue weighted by Crippen LogP contribution is -2.30. The Labute approximate surface area is 195 Å². The highest BCUT2D eigenvalue weighted by molar-refractivity contribution is 8.16. The van der Waals surface area contributed by atoms with E-state index in [0.717, 1.165) is 73.6 Å². The first-order valence-corrected chi connectivity index (χ1v) is 12.7. The Morgan fingerprint density at radius 1 is 1.09 bits per heavy atom. The highest BCUT2D eigenvalue weighted by atomic mass is 32.2. The second-order valence-corrected chi connectivity index (χ2v) is 10.5. The average Bonchev–Trinajstić information content (AvgIpc) is 3.30. The molecule has 4 rings (SSSR count). The van der Waals surface area contributed by atoms with Gasteiger partial charge in [-0.25, -0.2) is 4.79 Å². The Bertz CT molecular complexity index is 1010. The molecule has 1 aromatic heterocycles. The van der Waals surface area contributed by atoms with Gasteiger partial charge in [0.1, 0.15) is 15.3 Å². The number of fused-ring (bicyclic) bond motifs is 1. The second-order valence-electron chi connectivity index (χ2n) is 8.31. The Hall–Kier alpha value is -2.33. The zero-order chi connectivity index (χ0) is 22.8. The number of amides is 2. The third kappa shape index (κ3) is 4.43. The van der Waals surface area contributed by atoms with Gasteiger partial charge in [-0.3, -0.25) is 14.6 Å². The number of esters is 1. The van der Waals surface area contributed by atoms with Crippen LogP contribution in [0.1, 0.15) is 65.7 Å². The topological polar surface area (TPSA) is 137 Å². The van der Waals surface area contributed by atoms with Crippen LogP contribution in [0.25, 0.3) is 0 Å². The lowest BCUT2D eigenvalue weighted by Gasteiger charge is -2.18. The first-order chi connectivity index (χ1) is 15.4. The molecule has 172 valence electrons. The highest BCUT2D eigenvalue weighted by Gasteiger charge is 2.39. The molecule has 0 spiro atoms. The van der Waals surface area contributed by atoms with Gasteiger partial charge in [-0.2, -0.15) is 0 Å². The standard InChI is InChI=1S/C22H28N4O4S2/c1-30-22(29)14-12-9-5-6-10-13(12)31-20(14)26-19(28)17-16(23)15(18(24)27)21(32-17)25-11-7-3-2-4-8-11/h11,17H,2-10,23H2,1H3,(H2,24,27)(H,26,28)/t17-/m0/s1. The monoisotopic (exact) mass is 476 g/mol. The number of nitrogens with zero attached hydrogens (tertiary/aromatic N) is 1. The van der Waals surface area contributed by atoms with E-state index in [1.807, 2.05) is 0 Å². The summed E-state index contributed by atoms with van der Waals surface area (Å²) in [5.41, 5.74) is 13.5. The van der Waals surface area contributed by atoms with Gasteiger partial charge in [-0.05, 0) is 44.1 Å². The summed E-state index contributed by atoms with van der Waals surface area (Å²) in [4.78, 5) is 43.6. The largest absolute Gasteiger partial charge is 0.465 e. The van der Waals surface area contributed by atoms with Crippen LogP contribution in [0.15, 0.2) is 16.3 Å². The summed E-state index contributed by atoms with van der Waals surface area (Å²) in [5, 5.41) is 2.96. The van der Waals surface area contributed by atoms with E-state index in [1.54, 1.807) is 0 Å². The van der Waals surface area contributed by atoms with Crippen LogP contribution in [0.4, 0.5) is 5.00 Å². The van der Waals surface area contributed by atoms with Crippen LogP contribution in [0.5, 0.6) is 0 Å². The number of methoxy groups -OCH3 is 1. The molecule has 1 saturated carbocycles. The Balaban J connectivity index is 1.60. The molecule has 0 unspecified atom stereocenters. The number of thioether (sulfide) groups is 1. The Morgan fingerprint density at radius 2 is 1.81 bits per heavy atom. The van der Waals surface area contributed by atoms with Crippen molar-refractivity contribution in [2.75, 3.05) is 12.4 Å². The number of carbonyl (C=O) groups excluding carboxylic acids is 3. The van der Waals surface area contributed by atoms with Crippen molar-refractivity contribution in [3.05, 3.63) is 27.3 Å². The lowest BCUT2D eigenvalue weighted by molar-refractivity contribution is -0.115. The molecule has 5 N–H and O–H groups in total. The van der Waals surface area contributed by atoms with Crippen molar-refractivity contribution in [1.29, 1.82) is 0 Å². The zero-order valence-electron chi connectivity index (χ0n) is 18.1. The molecular formula is C22H28N4O4S2. The van der Waals surface area contributed by atoms with Crippen LogP contribution in [-0.2, 0) is 27.2 Å². The van der Waals surface area contributed by atoms with Gasteiger partial charge in [0.05, 0.1) is 24.3 Å². The molecule has 1 fully saturated rings. The number of hydrogen-bond donors (Lipinski definition) is 3. The van der Waals surface area contributed by atoms with E-state index in [0.29, 0.717) is 15.6 Å². The van der Waals surface area contributed by atoms with Crippen molar-refractivity contribution in [3.63, 3.8) is 0 Å².